The quantitative estimate of drug-likeness (QED) is 0.161. The molecule has 8 N–H and O–H groups in total. The predicted octanol–water partition coefficient (Wildman–Crippen LogP) is 0.314. The molecule has 206 valence electrons. The molecule has 0 spiro atoms. The number of aromatic amines is 1. The molecule has 0 aliphatic rings. The number of H-pyrrole nitrogens is 1. The van der Waals surface area contributed by atoms with Gasteiger partial charge in [-0.3, -0.25) is 19.2 Å². The van der Waals surface area contributed by atoms with Crippen molar-refractivity contribution >= 4 is 40.6 Å². The van der Waals surface area contributed by atoms with Gasteiger partial charge in [0.1, 0.15) is 18.1 Å². The molecule has 3 aromatic rings. The summed E-state index contributed by atoms with van der Waals surface area (Å²) in [5.41, 5.74) is 8.38. The number of carboxylic acids is 2. The second kappa shape index (κ2) is 13.2. The fourth-order valence-electron chi connectivity index (χ4n) is 4.02. The van der Waals surface area contributed by atoms with Crippen molar-refractivity contribution in [3.05, 3.63) is 71.9 Å². The van der Waals surface area contributed by atoms with E-state index in [1.54, 1.807) is 36.5 Å². The number of hydrogen-bond acceptors (Lipinski definition) is 6. The second-order valence-electron chi connectivity index (χ2n) is 9.15. The molecule has 1 heterocycles. The largest absolute Gasteiger partial charge is 0.481 e. The minimum atomic E-state index is -1.51. The Balaban J connectivity index is 1.60. The number of para-hydroxylation sites is 1. The maximum Gasteiger partial charge on any atom is 0.326 e. The summed E-state index contributed by atoms with van der Waals surface area (Å²) in [5, 5.41) is 26.7. The highest BCUT2D eigenvalue weighted by Gasteiger charge is 2.30. The van der Waals surface area contributed by atoms with Gasteiger partial charge >= 0.3 is 11.9 Å². The lowest BCUT2D eigenvalue weighted by molar-refractivity contribution is -0.143. The van der Waals surface area contributed by atoms with Crippen molar-refractivity contribution in [1.82, 2.24) is 20.9 Å². The number of nitrogens with one attached hydrogen (secondary N) is 4. The summed E-state index contributed by atoms with van der Waals surface area (Å²) in [7, 11) is 0. The van der Waals surface area contributed by atoms with Crippen LogP contribution in [0.3, 0.4) is 0 Å². The molecule has 39 heavy (non-hydrogen) atoms. The number of hydrogen-bond donors (Lipinski definition) is 7. The molecule has 0 radical (unpaired) electrons. The van der Waals surface area contributed by atoms with Crippen LogP contribution < -0.4 is 21.7 Å². The summed E-state index contributed by atoms with van der Waals surface area (Å²) in [6, 6.07) is 11.1. The molecule has 3 rings (SSSR count). The van der Waals surface area contributed by atoms with Crippen molar-refractivity contribution in [1.29, 1.82) is 0 Å². The van der Waals surface area contributed by atoms with Crippen molar-refractivity contribution < 1.29 is 34.2 Å². The average Bonchev–Trinajstić information content (AvgIpc) is 3.30. The van der Waals surface area contributed by atoms with Gasteiger partial charge in [0.15, 0.2) is 0 Å². The summed E-state index contributed by atoms with van der Waals surface area (Å²) in [5.74, 6) is -5.07. The molecule has 12 nitrogen and oxygen atoms in total. The van der Waals surface area contributed by atoms with Gasteiger partial charge in [0.25, 0.3) is 0 Å². The highest BCUT2D eigenvalue weighted by Crippen LogP contribution is 2.18. The molecule has 12 heteroatoms. The van der Waals surface area contributed by atoms with Gasteiger partial charge in [-0.25, -0.2) is 4.79 Å². The van der Waals surface area contributed by atoms with Gasteiger partial charge in [-0.15, -0.1) is 0 Å². The summed E-state index contributed by atoms with van der Waals surface area (Å²) in [4.78, 5) is 64.3. The number of amides is 3. The Morgan fingerprint density at radius 3 is 2.13 bits per heavy atom. The van der Waals surface area contributed by atoms with Gasteiger partial charge in [-0.1, -0.05) is 48.5 Å². The number of rotatable bonds is 13. The number of aromatic nitrogens is 1. The van der Waals surface area contributed by atoms with Crippen LogP contribution in [0, 0.1) is 0 Å². The van der Waals surface area contributed by atoms with Crippen LogP contribution in [0.4, 0.5) is 0 Å². The Morgan fingerprint density at radius 2 is 1.46 bits per heavy atom. The monoisotopic (exact) mass is 537 g/mol. The van der Waals surface area contributed by atoms with E-state index in [-0.39, 0.29) is 12.8 Å². The van der Waals surface area contributed by atoms with Crippen LogP contribution in [0.15, 0.2) is 60.8 Å². The van der Waals surface area contributed by atoms with Crippen LogP contribution in [-0.4, -0.2) is 69.0 Å². The third-order valence-electron chi connectivity index (χ3n) is 6.11. The van der Waals surface area contributed by atoms with Gasteiger partial charge in [-0.2, -0.15) is 0 Å². The fraction of sp³-hybridized carbons (Fsp3) is 0.296. The van der Waals surface area contributed by atoms with Crippen LogP contribution in [0.1, 0.15) is 24.5 Å². The van der Waals surface area contributed by atoms with Crippen LogP contribution >= 0.6 is 0 Å². The molecular weight excluding hydrogens is 506 g/mol. The number of carboxylic acid groups (broad SMARTS) is 2. The Labute approximate surface area is 224 Å². The Kier molecular flexibility index (Phi) is 9.76. The minimum absolute atomic E-state index is 0.0224. The molecule has 2 aromatic carbocycles. The van der Waals surface area contributed by atoms with Gasteiger partial charge in [0.2, 0.25) is 17.7 Å². The van der Waals surface area contributed by atoms with Gasteiger partial charge in [0.05, 0.1) is 12.5 Å². The number of aliphatic carboxylic acids is 2. The Morgan fingerprint density at radius 1 is 0.821 bits per heavy atom. The van der Waals surface area contributed by atoms with Gasteiger partial charge < -0.3 is 36.9 Å². The predicted molar refractivity (Wildman–Crippen MR) is 141 cm³/mol. The lowest BCUT2D eigenvalue weighted by atomic mass is 10.0. The average molecular weight is 538 g/mol. The smallest absolute Gasteiger partial charge is 0.326 e. The first-order valence-corrected chi connectivity index (χ1v) is 12.3. The van der Waals surface area contributed by atoms with Crippen molar-refractivity contribution in [2.45, 2.75) is 50.4 Å². The lowest BCUT2D eigenvalue weighted by Gasteiger charge is -2.23. The van der Waals surface area contributed by atoms with E-state index in [1.165, 1.54) is 6.92 Å². The first kappa shape index (κ1) is 28.9. The SMILES string of the molecule is CC(NC(=O)C(CC(=O)O)NC(=O)C(N)Cc1c[nH]c2ccccc12)C(=O)NC(Cc1ccccc1)C(=O)O. The molecule has 0 bridgehead atoms. The standard InChI is InChI=1S/C27H31N5O7/c1-15(24(35)32-22(27(38)39)11-16-7-3-2-4-8-16)30-26(37)21(13-23(33)34)31-25(36)19(28)12-17-14-29-20-10-6-5-9-18(17)20/h2-10,14-15,19,21-22,29H,11-13,28H2,1H3,(H,30,37)(H,31,36)(H,32,35)(H,33,34)(H,38,39). The van der Waals surface area contributed by atoms with E-state index in [0.29, 0.717) is 5.56 Å². The second-order valence-corrected chi connectivity index (χ2v) is 9.15. The minimum Gasteiger partial charge on any atom is -0.481 e. The summed E-state index contributed by atoms with van der Waals surface area (Å²) < 4.78 is 0. The van der Waals surface area contributed by atoms with E-state index < -0.39 is 60.2 Å². The zero-order chi connectivity index (χ0) is 28.5. The molecule has 4 atom stereocenters. The molecule has 1 aromatic heterocycles. The van der Waals surface area contributed by atoms with Crippen LogP contribution in [0.5, 0.6) is 0 Å². The molecular formula is C27H31N5O7. The highest BCUT2D eigenvalue weighted by molar-refractivity contribution is 5.95. The highest BCUT2D eigenvalue weighted by atomic mass is 16.4. The van der Waals surface area contributed by atoms with Crippen LogP contribution in [0.25, 0.3) is 10.9 Å². The molecule has 0 aliphatic heterocycles. The van der Waals surface area contributed by atoms with E-state index in [1.807, 2.05) is 24.3 Å². The van der Waals surface area contributed by atoms with Crippen molar-refractivity contribution in [3.63, 3.8) is 0 Å². The van der Waals surface area contributed by atoms with Gasteiger partial charge in [0, 0.05) is 23.5 Å². The summed E-state index contributed by atoms with van der Waals surface area (Å²) >= 11 is 0. The molecule has 0 saturated heterocycles. The van der Waals surface area contributed by atoms with E-state index in [4.69, 9.17) is 5.73 Å². The maximum absolute atomic E-state index is 12.8. The number of carbonyl (C=O) groups excluding carboxylic acids is 3. The number of benzene rings is 2. The van der Waals surface area contributed by atoms with E-state index in [0.717, 1.165) is 16.5 Å². The van der Waals surface area contributed by atoms with Crippen molar-refractivity contribution in [3.8, 4) is 0 Å². The molecule has 0 fully saturated rings. The Bertz CT molecular complexity index is 1340. The zero-order valence-electron chi connectivity index (χ0n) is 21.2. The Hall–Kier alpha value is -4.71. The van der Waals surface area contributed by atoms with E-state index in [2.05, 4.69) is 20.9 Å². The van der Waals surface area contributed by atoms with E-state index in [9.17, 15) is 34.2 Å². The third kappa shape index (κ3) is 8.14. The van der Waals surface area contributed by atoms with Gasteiger partial charge in [-0.05, 0) is 30.5 Å². The van der Waals surface area contributed by atoms with Crippen molar-refractivity contribution in [2.75, 3.05) is 0 Å². The van der Waals surface area contributed by atoms with E-state index >= 15 is 0 Å². The first-order valence-electron chi connectivity index (χ1n) is 12.3. The number of fused-ring (bicyclic) bond motifs is 1. The number of carbonyl (C=O) groups is 5. The molecule has 0 saturated carbocycles. The topological polar surface area (TPSA) is 204 Å². The van der Waals surface area contributed by atoms with Crippen molar-refractivity contribution in [2.24, 2.45) is 5.73 Å². The maximum atomic E-state index is 12.8. The van der Waals surface area contributed by atoms with Crippen LogP contribution in [-0.2, 0) is 36.8 Å². The normalized spacial score (nSPS) is 14.0. The zero-order valence-corrected chi connectivity index (χ0v) is 21.2. The third-order valence-corrected chi connectivity index (χ3v) is 6.11. The number of nitrogens with two attached hydrogens (primary N) is 1. The molecule has 0 aliphatic carbocycles. The fourth-order valence-corrected chi connectivity index (χ4v) is 4.02. The van der Waals surface area contributed by atoms with Crippen LogP contribution in [0.2, 0.25) is 0 Å². The summed E-state index contributed by atoms with van der Waals surface area (Å²) in [6.45, 7) is 1.32. The summed E-state index contributed by atoms with van der Waals surface area (Å²) in [6.07, 6.45) is 1.13. The molecule has 4 unspecified atom stereocenters. The lowest BCUT2D eigenvalue weighted by Crippen LogP contribution is -2.57. The molecule has 3 amide bonds. The first-order chi connectivity index (χ1) is 18.5.